The van der Waals surface area contributed by atoms with Crippen LogP contribution in [-0.2, 0) is 5.75 Å². The predicted octanol–water partition coefficient (Wildman–Crippen LogP) is 4.02. The normalized spacial score (nSPS) is 11.0. The third-order valence-electron chi connectivity index (χ3n) is 4.25. The summed E-state index contributed by atoms with van der Waals surface area (Å²) in [6, 6.07) is 13.8. The van der Waals surface area contributed by atoms with E-state index in [1.807, 2.05) is 45.0 Å². The number of aromatic nitrogens is 6. The van der Waals surface area contributed by atoms with Crippen LogP contribution >= 0.6 is 11.8 Å². The van der Waals surface area contributed by atoms with Gasteiger partial charge in [0.1, 0.15) is 5.75 Å². The number of aryl methyl sites for hydroxylation is 2. The second-order valence-corrected chi connectivity index (χ2v) is 7.34. The molecular formula is C20H20N6O2S. The van der Waals surface area contributed by atoms with Crippen LogP contribution in [-0.4, -0.2) is 37.0 Å². The number of hydrogen-bond acceptors (Lipinski definition) is 8. The monoisotopic (exact) mass is 408 g/mol. The van der Waals surface area contributed by atoms with Gasteiger partial charge in [0, 0.05) is 0 Å². The molecule has 0 saturated heterocycles. The Hall–Kier alpha value is -3.20. The van der Waals surface area contributed by atoms with Crippen molar-refractivity contribution < 1.29 is 9.26 Å². The summed E-state index contributed by atoms with van der Waals surface area (Å²) in [4.78, 5) is 4.50. The fourth-order valence-electron chi connectivity index (χ4n) is 2.85. The lowest BCUT2D eigenvalue weighted by Gasteiger charge is -2.07. The Morgan fingerprint density at radius 3 is 2.86 bits per heavy atom. The van der Waals surface area contributed by atoms with Crippen LogP contribution in [0.15, 0.2) is 52.1 Å². The predicted molar refractivity (Wildman–Crippen MR) is 109 cm³/mol. The number of ether oxygens (including phenoxy) is 1. The Balaban J connectivity index is 1.52. The molecule has 0 saturated carbocycles. The van der Waals surface area contributed by atoms with Crippen LogP contribution in [0.5, 0.6) is 5.75 Å². The van der Waals surface area contributed by atoms with Crippen molar-refractivity contribution >= 4 is 11.8 Å². The largest absolute Gasteiger partial charge is 0.493 e. The lowest BCUT2D eigenvalue weighted by atomic mass is 10.1. The summed E-state index contributed by atoms with van der Waals surface area (Å²) < 4.78 is 12.8. The first-order valence-corrected chi connectivity index (χ1v) is 10.2. The summed E-state index contributed by atoms with van der Waals surface area (Å²) in [5.74, 6) is 2.18. The third-order valence-corrected chi connectivity index (χ3v) is 5.16. The van der Waals surface area contributed by atoms with Crippen molar-refractivity contribution in [3.63, 3.8) is 0 Å². The molecule has 0 radical (unpaired) electrons. The van der Waals surface area contributed by atoms with E-state index >= 15 is 0 Å². The van der Waals surface area contributed by atoms with E-state index in [0.717, 1.165) is 28.1 Å². The number of nitrogens with zero attached hydrogens (tertiary/aromatic N) is 6. The number of para-hydroxylation sites is 1. The Morgan fingerprint density at radius 2 is 2.00 bits per heavy atom. The maximum atomic E-state index is 5.65. The second-order valence-electron chi connectivity index (χ2n) is 6.39. The minimum atomic E-state index is 0.453. The molecule has 0 aliphatic rings. The molecule has 4 aromatic rings. The SMILES string of the molecule is CCOc1ccccc1-c1noc(CSc2nnnn2-c2cc(C)ccc2C)n1. The minimum absolute atomic E-state index is 0.453. The van der Waals surface area contributed by atoms with Gasteiger partial charge in [-0.3, -0.25) is 0 Å². The van der Waals surface area contributed by atoms with Gasteiger partial charge < -0.3 is 9.26 Å². The molecule has 0 unspecified atom stereocenters. The Bertz CT molecular complexity index is 1120. The highest BCUT2D eigenvalue weighted by Gasteiger charge is 2.16. The van der Waals surface area contributed by atoms with Crippen LogP contribution in [0.25, 0.3) is 17.1 Å². The van der Waals surface area contributed by atoms with Gasteiger partial charge in [-0.05, 0) is 60.5 Å². The molecule has 0 N–H and O–H groups in total. The summed E-state index contributed by atoms with van der Waals surface area (Å²) in [7, 11) is 0. The van der Waals surface area contributed by atoms with Crippen molar-refractivity contribution in [2.24, 2.45) is 0 Å². The van der Waals surface area contributed by atoms with Gasteiger partial charge in [-0.15, -0.1) is 5.10 Å². The highest BCUT2D eigenvalue weighted by molar-refractivity contribution is 7.98. The molecule has 148 valence electrons. The first kappa shape index (κ1) is 19.1. The Kier molecular flexibility index (Phi) is 5.57. The molecule has 0 spiro atoms. The van der Waals surface area contributed by atoms with Gasteiger partial charge in [0.2, 0.25) is 16.9 Å². The Morgan fingerprint density at radius 1 is 1.14 bits per heavy atom. The molecule has 0 bridgehead atoms. The molecule has 0 amide bonds. The van der Waals surface area contributed by atoms with Crippen LogP contribution in [0.4, 0.5) is 0 Å². The van der Waals surface area contributed by atoms with E-state index < -0.39 is 0 Å². The molecule has 2 heterocycles. The van der Waals surface area contributed by atoms with E-state index in [2.05, 4.69) is 43.9 Å². The molecule has 0 atom stereocenters. The van der Waals surface area contributed by atoms with E-state index in [0.29, 0.717) is 29.2 Å². The van der Waals surface area contributed by atoms with E-state index in [4.69, 9.17) is 9.26 Å². The molecule has 2 aromatic heterocycles. The highest BCUT2D eigenvalue weighted by Crippen LogP contribution is 2.29. The highest BCUT2D eigenvalue weighted by atomic mass is 32.2. The first-order chi connectivity index (χ1) is 14.2. The molecular weight excluding hydrogens is 388 g/mol. The fourth-order valence-corrected chi connectivity index (χ4v) is 3.57. The van der Waals surface area contributed by atoms with E-state index in [1.54, 1.807) is 4.68 Å². The Labute approximate surface area is 172 Å². The molecule has 4 rings (SSSR count). The summed E-state index contributed by atoms with van der Waals surface area (Å²) >= 11 is 1.44. The van der Waals surface area contributed by atoms with Crippen LogP contribution in [0.3, 0.4) is 0 Å². The average molecular weight is 408 g/mol. The molecule has 9 heteroatoms. The van der Waals surface area contributed by atoms with Crippen LogP contribution in [0.1, 0.15) is 23.9 Å². The van der Waals surface area contributed by atoms with Gasteiger partial charge in [0.05, 0.1) is 23.6 Å². The molecule has 0 aliphatic heterocycles. The summed E-state index contributed by atoms with van der Waals surface area (Å²) in [6.07, 6.45) is 0. The maximum Gasteiger partial charge on any atom is 0.237 e. The third kappa shape index (κ3) is 4.14. The average Bonchev–Trinajstić information content (AvgIpc) is 3.38. The van der Waals surface area contributed by atoms with Crippen molar-refractivity contribution in [1.29, 1.82) is 0 Å². The quantitative estimate of drug-likeness (QED) is 0.423. The molecule has 8 nitrogen and oxygen atoms in total. The lowest BCUT2D eigenvalue weighted by Crippen LogP contribution is -2.02. The van der Waals surface area contributed by atoms with Crippen molar-refractivity contribution in [1.82, 2.24) is 30.3 Å². The first-order valence-electron chi connectivity index (χ1n) is 9.19. The zero-order valence-corrected chi connectivity index (χ0v) is 17.2. The standard InChI is InChI=1S/C20H20N6O2S/c1-4-27-17-8-6-5-7-15(17)19-21-18(28-23-19)12-29-20-22-24-25-26(20)16-11-13(2)9-10-14(16)3/h5-11H,4,12H2,1-3H3. The number of hydrogen-bond donors (Lipinski definition) is 0. The molecule has 2 aromatic carbocycles. The van der Waals surface area contributed by atoms with Crippen molar-refractivity contribution in [3.05, 3.63) is 59.5 Å². The van der Waals surface area contributed by atoms with Crippen molar-refractivity contribution in [3.8, 4) is 22.8 Å². The van der Waals surface area contributed by atoms with E-state index in [-0.39, 0.29) is 0 Å². The van der Waals surface area contributed by atoms with Gasteiger partial charge in [0.15, 0.2) is 0 Å². The van der Waals surface area contributed by atoms with Gasteiger partial charge in [0.25, 0.3) is 0 Å². The second kappa shape index (κ2) is 8.44. The number of thioether (sulfide) groups is 1. The van der Waals surface area contributed by atoms with Crippen molar-refractivity contribution in [2.75, 3.05) is 6.61 Å². The number of benzene rings is 2. The van der Waals surface area contributed by atoms with E-state index in [9.17, 15) is 0 Å². The van der Waals surface area contributed by atoms with Crippen LogP contribution < -0.4 is 4.74 Å². The topological polar surface area (TPSA) is 91.8 Å². The molecule has 0 fully saturated rings. The van der Waals surface area contributed by atoms with E-state index in [1.165, 1.54) is 11.8 Å². The van der Waals surface area contributed by atoms with Gasteiger partial charge in [-0.2, -0.15) is 9.67 Å². The summed E-state index contributed by atoms with van der Waals surface area (Å²) in [6.45, 7) is 6.58. The smallest absolute Gasteiger partial charge is 0.237 e. The maximum absolute atomic E-state index is 5.65. The summed E-state index contributed by atoms with van der Waals surface area (Å²) in [5.41, 5.74) is 3.99. The van der Waals surface area contributed by atoms with Crippen LogP contribution in [0.2, 0.25) is 0 Å². The van der Waals surface area contributed by atoms with Gasteiger partial charge in [-0.25, -0.2) is 0 Å². The van der Waals surface area contributed by atoms with Crippen LogP contribution in [0, 0.1) is 13.8 Å². The minimum Gasteiger partial charge on any atom is -0.493 e. The zero-order chi connectivity index (χ0) is 20.2. The number of rotatable bonds is 7. The number of tetrazole rings is 1. The lowest BCUT2D eigenvalue weighted by molar-refractivity contribution is 0.341. The zero-order valence-electron chi connectivity index (χ0n) is 16.4. The summed E-state index contributed by atoms with van der Waals surface area (Å²) in [5, 5.41) is 16.9. The van der Waals surface area contributed by atoms with Gasteiger partial charge >= 0.3 is 0 Å². The molecule has 29 heavy (non-hydrogen) atoms. The fraction of sp³-hybridized carbons (Fsp3) is 0.250. The van der Waals surface area contributed by atoms with Gasteiger partial charge in [-0.1, -0.05) is 41.2 Å². The van der Waals surface area contributed by atoms with Crippen molar-refractivity contribution in [2.45, 2.75) is 31.7 Å². The molecule has 0 aliphatic carbocycles.